The van der Waals surface area contributed by atoms with Gasteiger partial charge in [-0.15, -0.1) is 0 Å². The Morgan fingerprint density at radius 3 is 1.49 bits per heavy atom. The molecule has 0 N–H and O–H groups in total. The lowest BCUT2D eigenvalue weighted by Gasteiger charge is -2.57. The Balaban J connectivity index is 1.02. The van der Waals surface area contributed by atoms with E-state index in [1.807, 2.05) is 0 Å². The van der Waals surface area contributed by atoms with Crippen LogP contribution in [0.5, 0.6) is 0 Å². The summed E-state index contributed by atoms with van der Waals surface area (Å²) < 4.78 is 2.46. The third-order valence-corrected chi connectivity index (χ3v) is 15.4. The molecule has 14 rings (SSSR count). The molecule has 5 aliphatic carbocycles. The fraction of sp³-hybridized carbons (Fsp3) is 0.186. The highest BCUT2D eigenvalue weighted by atomic mass is 15.1. The van der Waals surface area contributed by atoms with Gasteiger partial charge in [0.2, 0.25) is 0 Å². The molecule has 0 atom stereocenters. The number of anilines is 3. The smallest absolute Gasteiger partial charge is 0.0713 e. The predicted octanol–water partition coefficient (Wildman–Crippen LogP) is 15.1. The maximum atomic E-state index is 2.51. The lowest BCUT2D eigenvalue weighted by Crippen LogP contribution is -2.48. The fourth-order valence-electron chi connectivity index (χ4n) is 13.4. The molecule has 0 saturated heterocycles. The van der Waals surface area contributed by atoms with E-state index < -0.39 is 5.41 Å². The van der Waals surface area contributed by atoms with E-state index in [0.717, 1.165) is 29.1 Å². The Hall–Kier alpha value is -6.64. The number of rotatable bonds is 7. The molecule has 294 valence electrons. The second kappa shape index (κ2) is 13.4. The van der Waals surface area contributed by atoms with Crippen molar-refractivity contribution in [1.29, 1.82) is 0 Å². The molecule has 4 fully saturated rings. The summed E-state index contributed by atoms with van der Waals surface area (Å²) in [7, 11) is 0. The standard InChI is InChI=1S/C59H48N2/c1-4-14-44(15-5-1)59(54-22-12-10-20-50(54)51-21-11-13-23-55(51)59)45-26-30-56-52(35-45)53-36-49(29-31-57(53)61(56)47-18-8-3-9-19-47)60(46-16-6-2-7-17-46)48-27-24-43(25-28-48)58-37-40-32-41(38-58)34-42(33-40)39-58/h1-31,35-36,40-42H,32-34,37-39H2. The highest BCUT2D eigenvalue weighted by molar-refractivity contribution is 6.11. The van der Waals surface area contributed by atoms with Gasteiger partial charge in [0.15, 0.2) is 0 Å². The minimum Gasteiger partial charge on any atom is -0.310 e. The molecule has 4 saturated carbocycles. The molecule has 8 aromatic carbocycles. The van der Waals surface area contributed by atoms with E-state index in [9.17, 15) is 0 Å². The average Bonchev–Trinajstić information content (AvgIpc) is 3.80. The summed E-state index contributed by atoms with van der Waals surface area (Å²) in [5, 5.41) is 2.49. The van der Waals surface area contributed by atoms with E-state index in [4.69, 9.17) is 0 Å². The quantitative estimate of drug-likeness (QED) is 0.156. The predicted molar refractivity (Wildman–Crippen MR) is 253 cm³/mol. The fourth-order valence-corrected chi connectivity index (χ4v) is 13.4. The molecule has 1 heterocycles. The number of hydrogen-bond acceptors (Lipinski definition) is 1. The van der Waals surface area contributed by atoms with Crippen molar-refractivity contribution in [3.63, 3.8) is 0 Å². The first-order valence-corrected chi connectivity index (χ1v) is 22.5. The highest BCUT2D eigenvalue weighted by Crippen LogP contribution is 2.61. The summed E-state index contributed by atoms with van der Waals surface area (Å²) in [6.07, 6.45) is 8.56. The molecule has 2 nitrogen and oxygen atoms in total. The van der Waals surface area contributed by atoms with Crippen molar-refractivity contribution in [2.75, 3.05) is 4.90 Å². The van der Waals surface area contributed by atoms with Crippen LogP contribution >= 0.6 is 0 Å². The van der Waals surface area contributed by atoms with Crippen molar-refractivity contribution >= 4 is 38.9 Å². The molecule has 9 aromatic rings. The molecule has 0 radical (unpaired) electrons. The highest BCUT2D eigenvalue weighted by Gasteiger charge is 2.51. The first-order chi connectivity index (χ1) is 30.2. The van der Waals surface area contributed by atoms with Crippen molar-refractivity contribution in [1.82, 2.24) is 4.57 Å². The molecule has 4 bridgehead atoms. The number of hydrogen-bond donors (Lipinski definition) is 0. The minimum absolute atomic E-state index is 0.373. The Bertz CT molecular complexity index is 3020. The van der Waals surface area contributed by atoms with Crippen molar-refractivity contribution in [3.8, 4) is 16.8 Å². The van der Waals surface area contributed by atoms with Crippen LogP contribution in [-0.4, -0.2) is 4.57 Å². The second-order valence-electron chi connectivity index (χ2n) is 18.7. The van der Waals surface area contributed by atoms with Gasteiger partial charge >= 0.3 is 0 Å². The Morgan fingerprint density at radius 2 is 0.869 bits per heavy atom. The molecule has 5 aliphatic rings. The number of benzene rings is 8. The van der Waals surface area contributed by atoms with Crippen molar-refractivity contribution in [3.05, 3.63) is 228 Å². The Labute approximate surface area is 358 Å². The second-order valence-corrected chi connectivity index (χ2v) is 18.7. The lowest BCUT2D eigenvalue weighted by atomic mass is 9.48. The van der Waals surface area contributed by atoms with Gasteiger partial charge in [0.25, 0.3) is 0 Å². The monoisotopic (exact) mass is 784 g/mol. The molecule has 2 heteroatoms. The topological polar surface area (TPSA) is 8.17 Å². The van der Waals surface area contributed by atoms with E-state index in [1.165, 1.54) is 105 Å². The van der Waals surface area contributed by atoms with Crippen molar-refractivity contribution in [2.45, 2.75) is 49.4 Å². The number of fused-ring (bicyclic) bond motifs is 6. The van der Waals surface area contributed by atoms with Crippen LogP contribution in [0.25, 0.3) is 38.6 Å². The normalized spacial score (nSPS) is 21.7. The van der Waals surface area contributed by atoms with E-state index in [0.29, 0.717) is 5.41 Å². The van der Waals surface area contributed by atoms with Gasteiger partial charge in [-0.1, -0.05) is 133 Å². The maximum Gasteiger partial charge on any atom is 0.0713 e. The van der Waals surface area contributed by atoms with Crippen LogP contribution in [0, 0.1) is 17.8 Å². The zero-order valence-corrected chi connectivity index (χ0v) is 34.4. The Morgan fingerprint density at radius 1 is 0.393 bits per heavy atom. The molecule has 0 amide bonds. The molecule has 61 heavy (non-hydrogen) atoms. The van der Waals surface area contributed by atoms with E-state index in [-0.39, 0.29) is 0 Å². The van der Waals surface area contributed by atoms with Gasteiger partial charge < -0.3 is 9.47 Å². The molecule has 0 spiro atoms. The molecule has 1 aromatic heterocycles. The van der Waals surface area contributed by atoms with Crippen LogP contribution in [-0.2, 0) is 10.8 Å². The van der Waals surface area contributed by atoms with Crippen LogP contribution in [0.4, 0.5) is 17.1 Å². The van der Waals surface area contributed by atoms with Crippen molar-refractivity contribution in [2.24, 2.45) is 17.8 Å². The lowest BCUT2D eigenvalue weighted by molar-refractivity contribution is -0.00518. The van der Waals surface area contributed by atoms with Crippen LogP contribution in [0.3, 0.4) is 0 Å². The summed E-state index contributed by atoms with van der Waals surface area (Å²) in [4.78, 5) is 2.47. The first kappa shape index (κ1) is 35.1. The van der Waals surface area contributed by atoms with Crippen molar-refractivity contribution < 1.29 is 0 Å². The first-order valence-electron chi connectivity index (χ1n) is 22.5. The van der Waals surface area contributed by atoms with Crippen LogP contribution in [0.2, 0.25) is 0 Å². The third kappa shape index (κ3) is 5.21. The zero-order valence-electron chi connectivity index (χ0n) is 34.4. The number of para-hydroxylation sites is 2. The van der Waals surface area contributed by atoms with Gasteiger partial charge in [0.05, 0.1) is 16.4 Å². The maximum absolute atomic E-state index is 2.51. The third-order valence-electron chi connectivity index (χ3n) is 15.4. The largest absolute Gasteiger partial charge is 0.310 e. The van der Waals surface area contributed by atoms with Crippen LogP contribution in [0.15, 0.2) is 200 Å². The number of nitrogens with zero attached hydrogens (tertiary/aromatic N) is 2. The van der Waals surface area contributed by atoms with E-state index in [2.05, 4.69) is 210 Å². The van der Waals surface area contributed by atoms with E-state index in [1.54, 1.807) is 5.56 Å². The van der Waals surface area contributed by atoms with Gasteiger partial charge in [0, 0.05) is 33.5 Å². The zero-order chi connectivity index (χ0) is 40.1. The van der Waals surface area contributed by atoms with Crippen LogP contribution < -0.4 is 4.90 Å². The van der Waals surface area contributed by atoms with Gasteiger partial charge in [-0.2, -0.15) is 0 Å². The summed E-state index contributed by atoms with van der Waals surface area (Å²) in [5.41, 5.74) is 16.4. The minimum atomic E-state index is -0.476. The van der Waals surface area contributed by atoms with Gasteiger partial charge in [0.1, 0.15) is 0 Å². The molecule has 0 unspecified atom stereocenters. The SMILES string of the molecule is c1ccc(N(c2ccc(C34CC5CC(CC(C5)C3)C4)cc2)c2ccc3c(c2)c2cc(C4(c5ccccc5)c5ccccc5-c5ccccc54)ccc2n3-c2ccccc2)cc1. The molecular weight excluding hydrogens is 737 g/mol. The summed E-state index contributed by atoms with van der Waals surface area (Å²) in [6.45, 7) is 0. The summed E-state index contributed by atoms with van der Waals surface area (Å²) in [6, 6.07) is 75.3. The number of aromatic nitrogens is 1. The van der Waals surface area contributed by atoms with Gasteiger partial charge in [-0.25, -0.2) is 0 Å². The molecular formula is C59H48N2. The molecule has 0 aliphatic heterocycles. The Kier molecular flexibility index (Phi) is 7.74. The van der Waals surface area contributed by atoms with Gasteiger partial charge in [-0.05, 0) is 167 Å². The summed E-state index contributed by atoms with van der Waals surface area (Å²) >= 11 is 0. The van der Waals surface area contributed by atoms with E-state index >= 15 is 0 Å². The van der Waals surface area contributed by atoms with Gasteiger partial charge in [-0.3, -0.25) is 0 Å². The van der Waals surface area contributed by atoms with Crippen LogP contribution in [0.1, 0.15) is 66.3 Å². The average molecular weight is 785 g/mol. The summed E-state index contributed by atoms with van der Waals surface area (Å²) in [5.74, 6) is 2.79.